The number of fused-ring (bicyclic) bond motifs is 3. The van der Waals surface area contributed by atoms with Crippen LogP contribution >= 0.6 is 0 Å². The highest BCUT2D eigenvalue weighted by atomic mass is 16.1. The molecule has 2 heterocycles. The van der Waals surface area contributed by atoms with Gasteiger partial charge in [-0.1, -0.05) is 29.8 Å². The summed E-state index contributed by atoms with van der Waals surface area (Å²) in [7, 11) is 0. The van der Waals surface area contributed by atoms with Gasteiger partial charge in [0.1, 0.15) is 5.82 Å². The minimum absolute atomic E-state index is 0.0613. The number of nitrogen functional groups attached to an aromatic ring is 1. The lowest BCUT2D eigenvalue weighted by Gasteiger charge is -2.03. The standard InChI is InChI=1S/C17H14N6O/c1-10-6-8-11(9-7-10)21-22-14-15(18)23-13-5-3-2-4-12(13)19-17(23)20-16(14)24/h2-9H,18H2,1H3,(H,19,20,24). The van der Waals surface area contributed by atoms with Crippen molar-refractivity contribution in [2.45, 2.75) is 6.92 Å². The first-order valence-corrected chi connectivity index (χ1v) is 7.41. The van der Waals surface area contributed by atoms with E-state index in [9.17, 15) is 4.79 Å². The van der Waals surface area contributed by atoms with Crippen molar-refractivity contribution in [3.63, 3.8) is 0 Å². The summed E-state index contributed by atoms with van der Waals surface area (Å²) in [4.78, 5) is 19.3. The highest BCUT2D eigenvalue weighted by Gasteiger charge is 2.13. The first-order chi connectivity index (χ1) is 11.6. The number of nitrogens with two attached hydrogens (primary N) is 1. The summed E-state index contributed by atoms with van der Waals surface area (Å²) in [6.45, 7) is 1.99. The molecule has 0 bridgehead atoms. The van der Waals surface area contributed by atoms with Gasteiger partial charge >= 0.3 is 0 Å². The predicted molar refractivity (Wildman–Crippen MR) is 93.1 cm³/mol. The number of nitrogens with one attached hydrogen (secondary N) is 1. The average Bonchev–Trinajstić information content (AvgIpc) is 2.94. The van der Waals surface area contributed by atoms with E-state index in [2.05, 4.69) is 20.2 Å². The number of azo groups is 1. The molecule has 0 atom stereocenters. The zero-order valence-corrected chi connectivity index (χ0v) is 12.9. The van der Waals surface area contributed by atoms with Crippen LogP contribution in [0.5, 0.6) is 0 Å². The number of aromatic amines is 1. The second kappa shape index (κ2) is 5.31. The Bertz CT molecular complexity index is 1140. The molecule has 7 heteroatoms. The van der Waals surface area contributed by atoms with Crippen molar-refractivity contribution in [2.75, 3.05) is 5.73 Å². The number of para-hydroxylation sites is 2. The third-order valence-corrected chi connectivity index (χ3v) is 3.78. The number of hydrogen-bond acceptors (Lipinski definition) is 5. The molecular formula is C17H14N6O. The van der Waals surface area contributed by atoms with E-state index < -0.39 is 5.56 Å². The molecule has 0 amide bonds. The van der Waals surface area contributed by atoms with Gasteiger partial charge in [-0.15, -0.1) is 5.11 Å². The third-order valence-electron chi connectivity index (χ3n) is 3.78. The van der Waals surface area contributed by atoms with E-state index in [-0.39, 0.29) is 11.5 Å². The number of aryl methyl sites for hydroxylation is 1. The summed E-state index contributed by atoms with van der Waals surface area (Å²) in [6.07, 6.45) is 0. The van der Waals surface area contributed by atoms with Crippen molar-refractivity contribution in [3.8, 4) is 0 Å². The van der Waals surface area contributed by atoms with Gasteiger partial charge in [0, 0.05) is 0 Å². The fourth-order valence-corrected chi connectivity index (χ4v) is 2.55. The molecule has 3 N–H and O–H groups in total. The van der Waals surface area contributed by atoms with E-state index in [0.29, 0.717) is 11.5 Å². The SMILES string of the molecule is Cc1ccc(N=Nc2c(N)n3c(nc4ccccc43)[nH]c2=O)cc1. The minimum Gasteiger partial charge on any atom is -0.383 e. The van der Waals surface area contributed by atoms with Crippen LogP contribution in [0.25, 0.3) is 16.8 Å². The molecule has 118 valence electrons. The number of hydrogen-bond donors (Lipinski definition) is 2. The van der Waals surface area contributed by atoms with E-state index in [4.69, 9.17) is 5.73 Å². The Morgan fingerprint density at radius 2 is 1.83 bits per heavy atom. The van der Waals surface area contributed by atoms with E-state index in [1.165, 1.54) is 0 Å². The fourth-order valence-electron chi connectivity index (χ4n) is 2.55. The maximum atomic E-state index is 12.3. The number of aromatic nitrogens is 3. The Hall–Kier alpha value is -3.48. The topological polar surface area (TPSA) is 101 Å². The van der Waals surface area contributed by atoms with Crippen molar-refractivity contribution in [1.29, 1.82) is 0 Å². The van der Waals surface area contributed by atoms with Crippen molar-refractivity contribution >= 4 is 34.0 Å². The van der Waals surface area contributed by atoms with Gasteiger partial charge in [-0.05, 0) is 31.2 Å². The van der Waals surface area contributed by atoms with Crippen LogP contribution in [0.3, 0.4) is 0 Å². The molecule has 0 aliphatic carbocycles. The molecule has 4 aromatic rings. The van der Waals surface area contributed by atoms with Gasteiger partial charge in [0.05, 0.1) is 16.7 Å². The Morgan fingerprint density at radius 1 is 1.08 bits per heavy atom. The summed E-state index contributed by atoms with van der Waals surface area (Å²) in [5.41, 5.74) is 9.12. The maximum absolute atomic E-state index is 12.3. The van der Waals surface area contributed by atoms with Gasteiger partial charge in [-0.3, -0.25) is 14.2 Å². The lowest BCUT2D eigenvalue weighted by molar-refractivity contribution is 1.08. The molecular weight excluding hydrogens is 304 g/mol. The lowest BCUT2D eigenvalue weighted by Crippen LogP contribution is -2.12. The van der Waals surface area contributed by atoms with Crippen molar-refractivity contribution < 1.29 is 0 Å². The maximum Gasteiger partial charge on any atom is 0.282 e. The normalized spacial score (nSPS) is 11.7. The summed E-state index contributed by atoms with van der Waals surface area (Å²) < 4.78 is 1.67. The second-order valence-corrected chi connectivity index (χ2v) is 5.48. The quantitative estimate of drug-likeness (QED) is 0.553. The highest BCUT2D eigenvalue weighted by Crippen LogP contribution is 2.25. The summed E-state index contributed by atoms with van der Waals surface area (Å²) >= 11 is 0. The summed E-state index contributed by atoms with van der Waals surface area (Å²) in [6, 6.07) is 15.0. The number of nitrogens with zero attached hydrogens (tertiary/aromatic N) is 4. The van der Waals surface area contributed by atoms with Crippen molar-refractivity contribution in [1.82, 2.24) is 14.4 Å². The Labute approximate surface area is 136 Å². The highest BCUT2D eigenvalue weighted by molar-refractivity contribution is 5.82. The van der Waals surface area contributed by atoms with Crippen LogP contribution in [0.1, 0.15) is 5.56 Å². The summed E-state index contributed by atoms with van der Waals surface area (Å²) in [5, 5.41) is 8.15. The van der Waals surface area contributed by atoms with Crippen LogP contribution in [-0.2, 0) is 0 Å². The van der Waals surface area contributed by atoms with Crippen molar-refractivity contribution in [3.05, 3.63) is 64.4 Å². The first kappa shape index (κ1) is 14.1. The molecule has 0 saturated heterocycles. The molecule has 0 radical (unpaired) electrons. The van der Waals surface area contributed by atoms with Crippen molar-refractivity contribution in [2.24, 2.45) is 10.2 Å². The predicted octanol–water partition coefficient (Wildman–Crippen LogP) is 3.48. The van der Waals surface area contributed by atoms with E-state index >= 15 is 0 Å². The monoisotopic (exact) mass is 318 g/mol. The van der Waals surface area contributed by atoms with Crippen LogP contribution in [-0.4, -0.2) is 14.4 Å². The van der Waals surface area contributed by atoms with Crippen LogP contribution in [0.4, 0.5) is 17.2 Å². The molecule has 0 spiro atoms. The average molecular weight is 318 g/mol. The van der Waals surface area contributed by atoms with E-state index in [1.54, 1.807) is 4.40 Å². The van der Waals surface area contributed by atoms with E-state index in [0.717, 1.165) is 16.6 Å². The largest absolute Gasteiger partial charge is 0.383 e. The van der Waals surface area contributed by atoms with Gasteiger partial charge in [0.2, 0.25) is 5.78 Å². The number of imidazole rings is 1. The summed E-state index contributed by atoms with van der Waals surface area (Å²) in [5.74, 6) is 0.589. The molecule has 0 aliphatic heterocycles. The molecule has 4 rings (SSSR count). The molecule has 2 aromatic heterocycles. The molecule has 0 saturated carbocycles. The van der Waals surface area contributed by atoms with Crippen LogP contribution < -0.4 is 11.3 Å². The smallest absolute Gasteiger partial charge is 0.282 e. The zero-order valence-electron chi connectivity index (χ0n) is 12.9. The molecule has 0 fully saturated rings. The lowest BCUT2D eigenvalue weighted by atomic mass is 10.2. The minimum atomic E-state index is -0.425. The molecule has 0 unspecified atom stereocenters. The number of rotatable bonds is 2. The Kier molecular flexibility index (Phi) is 3.13. The van der Waals surface area contributed by atoms with Crippen LogP contribution in [0.2, 0.25) is 0 Å². The van der Waals surface area contributed by atoms with Gasteiger partial charge in [0.25, 0.3) is 5.56 Å². The fraction of sp³-hybridized carbons (Fsp3) is 0.0588. The Morgan fingerprint density at radius 3 is 2.62 bits per heavy atom. The van der Waals surface area contributed by atoms with E-state index in [1.807, 2.05) is 55.5 Å². The van der Waals surface area contributed by atoms with Crippen LogP contribution in [0, 0.1) is 6.92 Å². The van der Waals surface area contributed by atoms with Crippen LogP contribution in [0.15, 0.2) is 63.6 Å². The first-order valence-electron chi connectivity index (χ1n) is 7.41. The van der Waals surface area contributed by atoms with Gasteiger partial charge in [-0.25, -0.2) is 4.98 Å². The van der Waals surface area contributed by atoms with Gasteiger partial charge in [-0.2, -0.15) is 5.11 Å². The number of anilines is 1. The van der Waals surface area contributed by atoms with Gasteiger partial charge in [0.15, 0.2) is 5.69 Å². The van der Waals surface area contributed by atoms with Gasteiger partial charge < -0.3 is 5.73 Å². The molecule has 2 aromatic carbocycles. The third kappa shape index (κ3) is 2.23. The number of benzene rings is 2. The Balaban J connectivity index is 1.90. The second-order valence-electron chi connectivity index (χ2n) is 5.48. The molecule has 24 heavy (non-hydrogen) atoms. The number of H-pyrrole nitrogens is 1. The molecule has 0 aliphatic rings. The zero-order chi connectivity index (χ0) is 16.7. The molecule has 7 nitrogen and oxygen atoms in total.